The molecule has 0 spiro atoms. The van der Waals surface area contributed by atoms with E-state index < -0.39 is 39.9 Å². The van der Waals surface area contributed by atoms with Crippen molar-refractivity contribution in [3.05, 3.63) is 83.4 Å². The molecule has 0 aromatic heterocycles. The topological polar surface area (TPSA) is 101 Å². The molecular weight excluding hydrogens is 548 g/mol. The second-order valence-electron chi connectivity index (χ2n) is 9.33. The van der Waals surface area contributed by atoms with Gasteiger partial charge in [0.1, 0.15) is 18.9 Å². The molecule has 0 radical (unpaired) electrons. The van der Waals surface area contributed by atoms with Gasteiger partial charge in [0.15, 0.2) is 21.5 Å². The van der Waals surface area contributed by atoms with Crippen molar-refractivity contribution in [3.8, 4) is 16.9 Å². The number of rotatable bonds is 10. The van der Waals surface area contributed by atoms with Gasteiger partial charge in [0.05, 0.1) is 11.5 Å². The molecule has 206 valence electrons. The molecule has 1 heterocycles. The summed E-state index contributed by atoms with van der Waals surface area (Å²) in [6.45, 7) is -0.353. The Morgan fingerprint density at radius 2 is 1.79 bits per heavy atom. The van der Waals surface area contributed by atoms with Crippen molar-refractivity contribution >= 4 is 33.5 Å². The van der Waals surface area contributed by atoms with E-state index in [2.05, 4.69) is 0 Å². The van der Waals surface area contributed by atoms with Crippen molar-refractivity contribution < 1.29 is 36.6 Å². The van der Waals surface area contributed by atoms with E-state index >= 15 is 0 Å². The van der Waals surface area contributed by atoms with Crippen LogP contribution in [0.25, 0.3) is 11.1 Å². The number of thioether (sulfide) groups is 1. The second kappa shape index (κ2) is 12.2. The van der Waals surface area contributed by atoms with Crippen LogP contribution in [0.3, 0.4) is 0 Å². The monoisotopic (exact) mass is 575 g/mol. The van der Waals surface area contributed by atoms with Crippen LogP contribution in [0, 0.1) is 17.6 Å². The molecule has 11 heteroatoms. The number of halogens is 2. The highest BCUT2D eigenvalue weighted by molar-refractivity contribution is 7.98. The highest BCUT2D eigenvalue weighted by atomic mass is 32.2. The molecule has 1 fully saturated rings. The van der Waals surface area contributed by atoms with Gasteiger partial charge in [-0.3, -0.25) is 9.59 Å². The molecule has 1 N–H and O–H groups in total. The number of nitrogens with zero attached hydrogens (tertiary/aromatic N) is 1. The van der Waals surface area contributed by atoms with Gasteiger partial charge in [-0.25, -0.2) is 17.2 Å². The number of sulfone groups is 1. The maximum absolute atomic E-state index is 13.8. The minimum absolute atomic E-state index is 0.0418. The summed E-state index contributed by atoms with van der Waals surface area (Å²) >= 11 is 1.31. The molecule has 1 unspecified atom stereocenters. The molecule has 1 aliphatic rings. The van der Waals surface area contributed by atoms with E-state index in [1.165, 1.54) is 28.8 Å². The predicted octanol–water partition coefficient (Wildman–Crippen LogP) is 4.89. The lowest BCUT2D eigenvalue weighted by Gasteiger charge is -2.24. The molecular formula is C28H27F2NO6S2. The lowest BCUT2D eigenvalue weighted by atomic mass is 10.1. The Morgan fingerprint density at radius 3 is 2.44 bits per heavy atom. The molecule has 0 bridgehead atoms. The lowest BCUT2D eigenvalue weighted by Crippen LogP contribution is -2.39. The van der Waals surface area contributed by atoms with E-state index in [4.69, 9.17) is 4.74 Å². The first-order valence-corrected chi connectivity index (χ1v) is 15.2. The Labute approximate surface area is 229 Å². The molecule has 39 heavy (non-hydrogen) atoms. The molecule has 0 saturated carbocycles. The van der Waals surface area contributed by atoms with Crippen molar-refractivity contribution in [2.75, 3.05) is 30.9 Å². The Morgan fingerprint density at radius 1 is 1.08 bits per heavy atom. The van der Waals surface area contributed by atoms with Crippen LogP contribution in [0.15, 0.2) is 65.6 Å². The highest BCUT2D eigenvalue weighted by Crippen LogP contribution is 2.33. The molecule has 3 aromatic carbocycles. The fraction of sp³-hybridized carbons (Fsp3) is 0.286. The van der Waals surface area contributed by atoms with Crippen LogP contribution in [-0.2, 0) is 21.2 Å². The molecule has 1 aliphatic heterocycles. The van der Waals surface area contributed by atoms with E-state index in [1.54, 1.807) is 54.8 Å². The van der Waals surface area contributed by atoms with E-state index in [-0.39, 0.29) is 36.1 Å². The van der Waals surface area contributed by atoms with E-state index in [1.807, 2.05) is 0 Å². The van der Waals surface area contributed by atoms with Crippen LogP contribution in [-0.4, -0.2) is 61.2 Å². The predicted molar refractivity (Wildman–Crippen MR) is 145 cm³/mol. The minimum atomic E-state index is -3.16. The third-order valence-electron chi connectivity index (χ3n) is 6.41. The van der Waals surface area contributed by atoms with Gasteiger partial charge in [-0.1, -0.05) is 24.3 Å². The van der Waals surface area contributed by atoms with Crippen molar-refractivity contribution in [1.82, 2.24) is 4.90 Å². The fourth-order valence-electron chi connectivity index (χ4n) is 4.51. The smallest absolute Gasteiger partial charge is 0.323 e. The Balaban J connectivity index is 1.43. The summed E-state index contributed by atoms with van der Waals surface area (Å²) in [7, 11) is -3.16. The van der Waals surface area contributed by atoms with E-state index in [0.29, 0.717) is 33.8 Å². The summed E-state index contributed by atoms with van der Waals surface area (Å²) in [5.74, 6) is -3.29. The number of amides is 1. The Bertz CT molecular complexity index is 1480. The minimum Gasteiger partial charge on any atom is -0.489 e. The molecule has 4 rings (SSSR count). The quantitative estimate of drug-likeness (QED) is 0.344. The zero-order chi connectivity index (χ0) is 28.2. The fourth-order valence-corrected chi connectivity index (χ4v) is 6.97. The van der Waals surface area contributed by atoms with Gasteiger partial charge in [0.2, 0.25) is 0 Å². The molecule has 0 aliphatic carbocycles. The van der Waals surface area contributed by atoms with Crippen molar-refractivity contribution in [3.63, 3.8) is 0 Å². The average Bonchev–Trinajstić information content (AvgIpc) is 3.26. The van der Waals surface area contributed by atoms with Crippen molar-refractivity contribution in [2.45, 2.75) is 17.9 Å². The Hall–Kier alpha value is -3.44. The Kier molecular flexibility index (Phi) is 8.91. The van der Waals surface area contributed by atoms with Gasteiger partial charge < -0.3 is 14.7 Å². The number of carboxylic acids is 1. The summed E-state index contributed by atoms with van der Waals surface area (Å²) < 4.78 is 56.9. The van der Waals surface area contributed by atoms with Crippen molar-refractivity contribution in [1.29, 1.82) is 0 Å². The summed E-state index contributed by atoms with van der Waals surface area (Å²) in [6, 6.07) is 15.9. The average molecular weight is 576 g/mol. The number of carbonyl (C=O) groups is 2. The van der Waals surface area contributed by atoms with Gasteiger partial charge in [-0.2, -0.15) is 0 Å². The number of ether oxygens (including phenoxy) is 1. The van der Waals surface area contributed by atoms with Crippen LogP contribution in [0.1, 0.15) is 22.3 Å². The SMILES string of the molecule is CSc1cc(F)c(F)cc1-c1ccc(OCc2cccc(C(=O)N(CC(=O)O)CC3CCS(=O)(=O)C3)c2)cc1. The third-order valence-corrected chi connectivity index (χ3v) is 9.02. The summed E-state index contributed by atoms with van der Waals surface area (Å²) in [4.78, 5) is 26.3. The first kappa shape index (κ1) is 28.6. The second-order valence-corrected chi connectivity index (χ2v) is 12.4. The van der Waals surface area contributed by atoms with Crippen molar-refractivity contribution in [2.24, 2.45) is 5.92 Å². The number of benzene rings is 3. The van der Waals surface area contributed by atoms with Gasteiger partial charge in [0, 0.05) is 17.0 Å². The summed E-state index contributed by atoms with van der Waals surface area (Å²) in [6.07, 6.45) is 2.18. The van der Waals surface area contributed by atoms with Crippen LogP contribution in [0.2, 0.25) is 0 Å². The highest BCUT2D eigenvalue weighted by Gasteiger charge is 2.31. The number of carbonyl (C=O) groups excluding carboxylic acids is 1. The van der Waals surface area contributed by atoms with Crippen LogP contribution in [0.5, 0.6) is 5.75 Å². The van der Waals surface area contributed by atoms with Crippen LogP contribution in [0.4, 0.5) is 8.78 Å². The third kappa shape index (κ3) is 7.36. The molecule has 7 nitrogen and oxygen atoms in total. The molecule has 1 atom stereocenters. The van der Waals surface area contributed by atoms with Gasteiger partial charge >= 0.3 is 5.97 Å². The zero-order valence-electron chi connectivity index (χ0n) is 21.1. The van der Waals surface area contributed by atoms with E-state index in [9.17, 15) is 31.9 Å². The zero-order valence-corrected chi connectivity index (χ0v) is 22.7. The largest absolute Gasteiger partial charge is 0.489 e. The number of hydrogen-bond acceptors (Lipinski definition) is 6. The molecule has 3 aromatic rings. The van der Waals surface area contributed by atoms with Crippen LogP contribution < -0.4 is 4.74 Å². The first-order chi connectivity index (χ1) is 18.5. The van der Waals surface area contributed by atoms with Gasteiger partial charge in [-0.05, 0) is 71.7 Å². The van der Waals surface area contributed by atoms with Gasteiger partial charge in [-0.15, -0.1) is 11.8 Å². The van der Waals surface area contributed by atoms with Gasteiger partial charge in [0.25, 0.3) is 5.91 Å². The first-order valence-electron chi connectivity index (χ1n) is 12.1. The number of hydrogen-bond donors (Lipinski definition) is 1. The maximum Gasteiger partial charge on any atom is 0.323 e. The summed E-state index contributed by atoms with van der Waals surface area (Å²) in [5.41, 5.74) is 2.22. The normalized spacial score (nSPS) is 16.1. The summed E-state index contributed by atoms with van der Waals surface area (Å²) in [5, 5.41) is 9.30. The van der Waals surface area contributed by atoms with Crippen LogP contribution >= 0.6 is 11.8 Å². The lowest BCUT2D eigenvalue weighted by molar-refractivity contribution is -0.137. The molecule has 1 amide bonds. The standard InChI is InChI=1S/C28H27F2NO6S2/c1-38-26-13-25(30)24(29)12-23(26)20-5-7-22(8-6-20)37-16-18-3-2-4-21(11-18)28(34)31(15-27(32)33)14-19-9-10-39(35,36)17-19/h2-8,11-13,19H,9-10,14-17H2,1H3,(H,32,33). The van der Waals surface area contributed by atoms with E-state index in [0.717, 1.165) is 0 Å². The maximum atomic E-state index is 13.8. The molecule has 1 saturated heterocycles. The number of carboxylic acid groups (broad SMARTS) is 1. The number of aliphatic carboxylic acids is 1.